The Morgan fingerprint density at radius 2 is 1.71 bits per heavy atom. The van der Waals surface area contributed by atoms with Gasteiger partial charge < -0.3 is 0 Å². The van der Waals surface area contributed by atoms with Crippen LogP contribution in [0.5, 0.6) is 0 Å². The predicted octanol–water partition coefficient (Wildman–Crippen LogP) is 5.19. The number of carbonyl (C=O) groups excluding carboxylic acids is 1. The molecule has 0 radical (unpaired) electrons. The molecule has 28 heavy (non-hydrogen) atoms. The third kappa shape index (κ3) is 4.21. The van der Waals surface area contributed by atoms with Gasteiger partial charge in [0.05, 0.1) is 17.1 Å². The van der Waals surface area contributed by atoms with Crippen LogP contribution < -0.4 is 0 Å². The molecule has 5 heteroatoms. The molecular formula is C23H19N3OS. The van der Waals surface area contributed by atoms with Crippen molar-refractivity contribution in [1.82, 2.24) is 9.88 Å². The fourth-order valence-electron chi connectivity index (χ4n) is 2.83. The maximum atomic E-state index is 13.1. The molecule has 0 spiro atoms. The number of aliphatic imine (C=N–C) groups is 1. The van der Waals surface area contributed by atoms with Gasteiger partial charge in [0.15, 0.2) is 5.17 Å². The summed E-state index contributed by atoms with van der Waals surface area (Å²) in [4.78, 5) is 24.3. The van der Waals surface area contributed by atoms with Crippen molar-refractivity contribution < 1.29 is 4.79 Å². The maximum absolute atomic E-state index is 13.1. The summed E-state index contributed by atoms with van der Waals surface area (Å²) in [5.74, 6) is -0.0305. The molecule has 4 rings (SSSR count). The van der Waals surface area contributed by atoms with E-state index in [1.807, 2.05) is 79.7 Å². The topological polar surface area (TPSA) is 45.6 Å². The normalized spacial score (nSPS) is 16.9. The van der Waals surface area contributed by atoms with E-state index >= 15 is 0 Å². The van der Waals surface area contributed by atoms with E-state index in [4.69, 9.17) is 4.99 Å². The molecule has 0 unspecified atom stereocenters. The minimum Gasteiger partial charge on any atom is -0.282 e. The van der Waals surface area contributed by atoms with Gasteiger partial charge in [-0.3, -0.25) is 14.7 Å². The highest BCUT2D eigenvalue weighted by atomic mass is 32.2. The number of pyridine rings is 1. The summed E-state index contributed by atoms with van der Waals surface area (Å²) in [5, 5.41) is 0.686. The highest BCUT2D eigenvalue weighted by molar-refractivity contribution is 8.18. The second-order valence-electron chi connectivity index (χ2n) is 6.50. The van der Waals surface area contributed by atoms with Crippen molar-refractivity contribution >= 4 is 34.6 Å². The summed E-state index contributed by atoms with van der Waals surface area (Å²) in [6.07, 6.45) is 5.40. The summed E-state index contributed by atoms with van der Waals surface area (Å²) < 4.78 is 0. The molecule has 2 heterocycles. The van der Waals surface area contributed by atoms with Gasteiger partial charge in [-0.05, 0) is 60.2 Å². The number of aromatic nitrogens is 1. The van der Waals surface area contributed by atoms with E-state index in [0.717, 1.165) is 16.8 Å². The Labute approximate surface area is 168 Å². The van der Waals surface area contributed by atoms with Crippen LogP contribution in [0.15, 0.2) is 89.0 Å². The van der Waals surface area contributed by atoms with E-state index in [0.29, 0.717) is 16.6 Å². The van der Waals surface area contributed by atoms with E-state index < -0.39 is 0 Å². The Kier molecular flexibility index (Phi) is 5.35. The van der Waals surface area contributed by atoms with Crippen molar-refractivity contribution in [3.8, 4) is 0 Å². The lowest BCUT2D eigenvalue weighted by Gasteiger charge is -2.15. The molecule has 3 aromatic rings. The largest absolute Gasteiger partial charge is 0.282 e. The number of aryl methyl sites for hydroxylation is 1. The van der Waals surface area contributed by atoms with Gasteiger partial charge in [-0.15, -0.1) is 0 Å². The first-order valence-corrected chi connectivity index (χ1v) is 9.81. The van der Waals surface area contributed by atoms with E-state index in [2.05, 4.69) is 4.98 Å². The molecule has 0 atom stereocenters. The van der Waals surface area contributed by atoms with E-state index in [1.54, 1.807) is 17.3 Å². The van der Waals surface area contributed by atoms with Crippen molar-refractivity contribution in [3.05, 3.63) is 101 Å². The summed E-state index contributed by atoms with van der Waals surface area (Å²) >= 11 is 1.41. The second kappa shape index (κ2) is 8.23. The number of amides is 1. The number of thioether (sulfide) groups is 1. The van der Waals surface area contributed by atoms with Crippen LogP contribution >= 0.6 is 11.8 Å². The number of carbonyl (C=O) groups is 1. The fraction of sp³-hybridized carbons (Fsp3) is 0.0870. The van der Waals surface area contributed by atoms with Gasteiger partial charge in [0.2, 0.25) is 0 Å². The molecule has 4 nitrogen and oxygen atoms in total. The minimum atomic E-state index is -0.0305. The Morgan fingerprint density at radius 1 is 1.00 bits per heavy atom. The standard InChI is InChI=1S/C23H19N3OS/c1-17-7-9-18(10-8-17)15-21-22(27)26(16-19-11-13-24-14-12-19)23(28-21)25-20-5-3-2-4-6-20/h2-15H,16H2,1H3/b21-15+,25-23?. The Balaban J connectivity index is 1.69. The third-order valence-electron chi connectivity index (χ3n) is 4.33. The van der Waals surface area contributed by atoms with Crippen molar-refractivity contribution in [2.45, 2.75) is 13.5 Å². The minimum absolute atomic E-state index is 0.0305. The van der Waals surface area contributed by atoms with Crippen molar-refractivity contribution in [1.29, 1.82) is 0 Å². The van der Waals surface area contributed by atoms with Gasteiger partial charge in [0.25, 0.3) is 5.91 Å². The van der Waals surface area contributed by atoms with Crippen molar-refractivity contribution in [2.75, 3.05) is 0 Å². The van der Waals surface area contributed by atoms with Crippen LogP contribution in [0.2, 0.25) is 0 Å². The molecule has 1 saturated heterocycles. The van der Waals surface area contributed by atoms with Crippen LogP contribution in [0.25, 0.3) is 6.08 Å². The fourth-order valence-corrected chi connectivity index (χ4v) is 3.83. The van der Waals surface area contributed by atoms with Gasteiger partial charge in [-0.1, -0.05) is 48.0 Å². The smallest absolute Gasteiger partial charge is 0.267 e. The molecule has 0 N–H and O–H groups in total. The molecule has 0 aliphatic carbocycles. The highest BCUT2D eigenvalue weighted by Crippen LogP contribution is 2.35. The molecular weight excluding hydrogens is 366 g/mol. The number of amidine groups is 1. The van der Waals surface area contributed by atoms with Crippen molar-refractivity contribution in [3.63, 3.8) is 0 Å². The number of rotatable bonds is 4. The molecule has 0 saturated carbocycles. The first kappa shape index (κ1) is 18.2. The van der Waals surface area contributed by atoms with Gasteiger partial charge in [-0.25, -0.2) is 4.99 Å². The predicted molar refractivity (Wildman–Crippen MR) is 115 cm³/mol. The third-order valence-corrected chi connectivity index (χ3v) is 5.34. The average molecular weight is 385 g/mol. The van der Waals surface area contributed by atoms with Gasteiger partial charge in [0.1, 0.15) is 0 Å². The van der Waals surface area contributed by atoms with Crippen LogP contribution in [0, 0.1) is 6.92 Å². The van der Waals surface area contributed by atoms with Crippen LogP contribution in [-0.4, -0.2) is 21.0 Å². The molecule has 138 valence electrons. The maximum Gasteiger partial charge on any atom is 0.267 e. The van der Waals surface area contributed by atoms with Gasteiger partial charge in [0, 0.05) is 12.4 Å². The van der Waals surface area contributed by atoms with Crippen LogP contribution in [0.4, 0.5) is 5.69 Å². The van der Waals surface area contributed by atoms with Crippen molar-refractivity contribution in [2.24, 2.45) is 4.99 Å². The summed E-state index contributed by atoms with van der Waals surface area (Å²) in [6.45, 7) is 2.51. The summed E-state index contributed by atoms with van der Waals surface area (Å²) in [7, 11) is 0. The van der Waals surface area contributed by atoms with E-state index in [9.17, 15) is 4.79 Å². The van der Waals surface area contributed by atoms with Gasteiger partial charge in [-0.2, -0.15) is 0 Å². The number of hydrogen-bond acceptors (Lipinski definition) is 4. The highest BCUT2D eigenvalue weighted by Gasteiger charge is 2.33. The molecule has 1 fully saturated rings. The van der Waals surface area contributed by atoms with E-state index in [1.165, 1.54) is 17.3 Å². The Morgan fingerprint density at radius 3 is 2.43 bits per heavy atom. The average Bonchev–Trinajstić information content (AvgIpc) is 3.00. The summed E-state index contributed by atoms with van der Waals surface area (Å²) in [6, 6.07) is 21.7. The summed E-state index contributed by atoms with van der Waals surface area (Å²) in [5.41, 5.74) is 4.04. The second-order valence-corrected chi connectivity index (χ2v) is 7.51. The molecule has 1 aliphatic rings. The number of nitrogens with zero attached hydrogens (tertiary/aromatic N) is 3. The lowest BCUT2D eigenvalue weighted by Crippen LogP contribution is -2.28. The van der Waals surface area contributed by atoms with Crippen LogP contribution in [0.1, 0.15) is 16.7 Å². The zero-order chi connectivity index (χ0) is 19.3. The number of para-hydroxylation sites is 1. The first-order chi connectivity index (χ1) is 13.7. The molecule has 1 amide bonds. The Bertz CT molecular complexity index is 1030. The number of hydrogen-bond donors (Lipinski definition) is 0. The molecule has 0 bridgehead atoms. The molecule has 1 aromatic heterocycles. The van der Waals surface area contributed by atoms with Crippen LogP contribution in [-0.2, 0) is 11.3 Å². The lowest BCUT2D eigenvalue weighted by molar-refractivity contribution is -0.122. The lowest BCUT2D eigenvalue weighted by atomic mass is 10.1. The quantitative estimate of drug-likeness (QED) is 0.580. The zero-order valence-corrected chi connectivity index (χ0v) is 16.3. The number of benzene rings is 2. The first-order valence-electron chi connectivity index (χ1n) is 9.00. The van der Waals surface area contributed by atoms with Crippen LogP contribution in [0.3, 0.4) is 0 Å². The molecule has 1 aliphatic heterocycles. The van der Waals surface area contributed by atoms with E-state index in [-0.39, 0.29) is 5.91 Å². The monoisotopic (exact) mass is 385 g/mol. The Hall–Kier alpha value is -3.18. The van der Waals surface area contributed by atoms with Gasteiger partial charge >= 0.3 is 0 Å². The molecule has 2 aromatic carbocycles. The SMILES string of the molecule is Cc1ccc(/C=C2/SC(=Nc3ccccc3)N(Cc3ccncc3)C2=O)cc1. The zero-order valence-electron chi connectivity index (χ0n) is 15.4.